The third-order valence-corrected chi connectivity index (χ3v) is 4.87. The molecule has 7 heteroatoms. The van der Waals surface area contributed by atoms with Crippen LogP contribution in [0.25, 0.3) is 0 Å². The van der Waals surface area contributed by atoms with Crippen LogP contribution in [0.15, 0.2) is 29.2 Å². The Morgan fingerprint density at radius 3 is 2.53 bits per heavy atom. The third-order valence-electron chi connectivity index (χ3n) is 3.13. The van der Waals surface area contributed by atoms with Crippen molar-refractivity contribution in [2.45, 2.75) is 30.4 Å². The molecule has 2 rings (SSSR count). The Bertz CT molecular complexity index is 569. The molecule has 1 aromatic rings. The summed E-state index contributed by atoms with van der Waals surface area (Å²) in [6.45, 7) is 2.44. The molecule has 2 atom stereocenters. The molecule has 3 N–H and O–H groups in total. The van der Waals surface area contributed by atoms with Crippen LogP contribution in [-0.4, -0.2) is 32.2 Å². The van der Waals surface area contributed by atoms with Crippen LogP contribution in [0.2, 0.25) is 0 Å². The lowest BCUT2D eigenvalue weighted by Gasteiger charge is -2.16. The van der Waals surface area contributed by atoms with Crippen LogP contribution in [0, 0.1) is 0 Å². The average Bonchev–Trinajstić information content (AvgIpc) is 2.74. The Labute approximate surface area is 118 Å². The van der Waals surface area contributed by atoms with Gasteiger partial charge in [-0.3, -0.25) is 0 Å². The number of nitrogens with two attached hydrogens (primary N) is 1. The first kappa shape index (κ1) is 14.4. The highest BCUT2D eigenvalue weighted by Crippen LogP contribution is 2.17. The van der Waals surface area contributed by atoms with Gasteiger partial charge in [-0.25, -0.2) is 13.1 Å². The van der Waals surface area contributed by atoms with Gasteiger partial charge in [-0.15, -0.1) is 0 Å². The first-order chi connectivity index (χ1) is 8.90. The standard InChI is InChI=1S/C12H16N2O3S2/c1-8-11(6-7-17-8)14-19(15,16)10-4-2-9(3-5-10)12(13)18/h2-5,8,11,14H,6-7H2,1H3,(H2,13,18). The SMILES string of the molecule is CC1OCCC1NS(=O)(=O)c1ccc(C(N)=S)cc1. The normalized spacial score (nSPS) is 23.4. The van der Waals surface area contributed by atoms with Gasteiger partial charge < -0.3 is 10.5 Å². The monoisotopic (exact) mass is 300 g/mol. The molecule has 1 heterocycles. The van der Waals surface area contributed by atoms with Crippen molar-refractivity contribution in [3.05, 3.63) is 29.8 Å². The topological polar surface area (TPSA) is 81.4 Å². The van der Waals surface area contributed by atoms with E-state index in [4.69, 9.17) is 22.7 Å². The lowest BCUT2D eigenvalue weighted by molar-refractivity contribution is 0.117. The lowest BCUT2D eigenvalue weighted by atomic mass is 10.2. The molecular formula is C12H16N2O3S2. The fourth-order valence-corrected chi connectivity index (χ4v) is 3.43. The number of hydrogen-bond donors (Lipinski definition) is 2. The minimum Gasteiger partial charge on any atom is -0.389 e. The summed E-state index contributed by atoms with van der Waals surface area (Å²) in [4.78, 5) is 0.446. The second-order valence-corrected chi connectivity index (χ2v) is 6.63. The number of hydrogen-bond acceptors (Lipinski definition) is 4. The molecule has 1 aromatic carbocycles. The van der Waals surface area contributed by atoms with Crippen molar-refractivity contribution in [3.8, 4) is 0 Å². The molecular weight excluding hydrogens is 284 g/mol. The summed E-state index contributed by atoms with van der Waals surface area (Å²) < 4.78 is 32.4. The zero-order valence-electron chi connectivity index (χ0n) is 10.5. The van der Waals surface area contributed by atoms with Crippen LogP contribution >= 0.6 is 12.2 Å². The Hall–Kier alpha value is -1.02. The summed E-state index contributed by atoms with van der Waals surface area (Å²) in [6, 6.07) is 6.02. The van der Waals surface area contributed by atoms with Gasteiger partial charge in [-0.05, 0) is 25.5 Å². The minimum absolute atomic E-state index is 0.106. The first-order valence-electron chi connectivity index (χ1n) is 5.94. The Kier molecular flexibility index (Phi) is 4.19. The van der Waals surface area contributed by atoms with Crippen LogP contribution in [0.1, 0.15) is 18.9 Å². The maximum absolute atomic E-state index is 12.2. The van der Waals surface area contributed by atoms with E-state index in [1.165, 1.54) is 12.1 Å². The number of rotatable bonds is 4. The van der Waals surface area contributed by atoms with Crippen molar-refractivity contribution in [3.63, 3.8) is 0 Å². The van der Waals surface area contributed by atoms with Gasteiger partial charge in [0.25, 0.3) is 0 Å². The highest BCUT2D eigenvalue weighted by atomic mass is 32.2. The molecule has 0 aromatic heterocycles. The van der Waals surface area contributed by atoms with Crippen molar-refractivity contribution >= 4 is 27.2 Å². The zero-order chi connectivity index (χ0) is 14.0. The molecule has 104 valence electrons. The molecule has 1 aliphatic rings. The van der Waals surface area contributed by atoms with Gasteiger partial charge in [-0.2, -0.15) is 0 Å². The second kappa shape index (κ2) is 5.54. The summed E-state index contributed by atoms with van der Waals surface area (Å²) in [7, 11) is -3.53. The van der Waals surface area contributed by atoms with Crippen LogP contribution in [0.5, 0.6) is 0 Å². The van der Waals surface area contributed by atoms with Gasteiger partial charge in [0.15, 0.2) is 0 Å². The van der Waals surface area contributed by atoms with E-state index < -0.39 is 10.0 Å². The average molecular weight is 300 g/mol. The van der Waals surface area contributed by atoms with Crippen molar-refractivity contribution in [2.75, 3.05) is 6.61 Å². The Morgan fingerprint density at radius 2 is 2.05 bits per heavy atom. The van der Waals surface area contributed by atoms with Gasteiger partial charge in [0.05, 0.1) is 17.0 Å². The van der Waals surface area contributed by atoms with E-state index in [0.717, 1.165) is 0 Å². The fourth-order valence-electron chi connectivity index (χ4n) is 1.95. The summed E-state index contributed by atoms with van der Waals surface area (Å²) in [5, 5.41) is 0. The van der Waals surface area contributed by atoms with Gasteiger partial charge in [0.2, 0.25) is 10.0 Å². The van der Waals surface area contributed by atoms with Gasteiger partial charge >= 0.3 is 0 Å². The van der Waals surface area contributed by atoms with Gasteiger partial charge in [0.1, 0.15) is 4.99 Å². The largest absolute Gasteiger partial charge is 0.389 e. The van der Waals surface area contributed by atoms with E-state index in [1.54, 1.807) is 12.1 Å². The van der Waals surface area contributed by atoms with E-state index >= 15 is 0 Å². The maximum Gasteiger partial charge on any atom is 0.240 e. The quantitative estimate of drug-likeness (QED) is 0.803. The van der Waals surface area contributed by atoms with E-state index in [0.29, 0.717) is 18.6 Å². The van der Waals surface area contributed by atoms with Gasteiger partial charge in [0, 0.05) is 12.2 Å². The van der Waals surface area contributed by atoms with Crippen LogP contribution < -0.4 is 10.5 Å². The van der Waals surface area contributed by atoms with Crippen LogP contribution in [-0.2, 0) is 14.8 Å². The van der Waals surface area contributed by atoms with E-state index in [9.17, 15) is 8.42 Å². The minimum atomic E-state index is -3.53. The molecule has 1 saturated heterocycles. The molecule has 5 nitrogen and oxygen atoms in total. The van der Waals surface area contributed by atoms with Crippen LogP contribution in [0.4, 0.5) is 0 Å². The van der Waals surface area contributed by atoms with E-state index in [-0.39, 0.29) is 22.0 Å². The molecule has 0 saturated carbocycles. The molecule has 0 spiro atoms. The van der Waals surface area contributed by atoms with Crippen molar-refractivity contribution in [2.24, 2.45) is 5.73 Å². The highest BCUT2D eigenvalue weighted by Gasteiger charge is 2.29. The summed E-state index contributed by atoms with van der Waals surface area (Å²) in [5.74, 6) is 0. The van der Waals surface area contributed by atoms with Crippen LogP contribution in [0.3, 0.4) is 0 Å². The fraction of sp³-hybridized carbons (Fsp3) is 0.417. The maximum atomic E-state index is 12.2. The first-order valence-corrected chi connectivity index (χ1v) is 7.83. The number of nitrogens with one attached hydrogen (secondary N) is 1. The predicted octanol–water partition coefficient (Wildman–Crippen LogP) is 0.776. The predicted molar refractivity (Wildman–Crippen MR) is 76.5 cm³/mol. The van der Waals surface area contributed by atoms with E-state index in [2.05, 4.69) is 4.72 Å². The molecule has 1 fully saturated rings. The van der Waals surface area contributed by atoms with Gasteiger partial charge in [-0.1, -0.05) is 24.4 Å². The van der Waals surface area contributed by atoms with Crippen molar-refractivity contribution in [1.82, 2.24) is 4.72 Å². The Balaban J connectivity index is 2.17. The molecule has 0 radical (unpaired) electrons. The second-order valence-electron chi connectivity index (χ2n) is 4.48. The lowest BCUT2D eigenvalue weighted by Crippen LogP contribution is -2.39. The smallest absolute Gasteiger partial charge is 0.240 e. The number of sulfonamides is 1. The number of benzene rings is 1. The summed E-state index contributed by atoms with van der Waals surface area (Å²) in [5.41, 5.74) is 6.12. The van der Waals surface area contributed by atoms with Crippen molar-refractivity contribution in [1.29, 1.82) is 0 Å². The number of ether oxygens (including phenoxy) is 1. The Morgan fingerprint density at radius 1 is 1.42 bits per heavy atom. The third kappa shape index (κ3) is 3.30. The molecule has 0 aliphatic carbocycles. The summed E-state index contributed by atoms with van der Waals surface area (Å²) in [6.07, 6.45) is 0.580. The molecule has 0 amide bonds. The van der Waals surface area contributed by atoms with E-state index in [1.807, 2.05) is 6.92 Å². The highest BCUT2D eigenvalue weighted by molar-refractivity contribution is 7.89. The molecule has 19 heavy (non-hydrogen) atoms. The number of thiocarbonyl (C=S) groups is 1. The summed E-state index contributed by atoms with van der Waals surface area (Å²) >= 11 is 4.83. The molecule has 2 unspecified atom stereocenters. The zero-order valence-corrected chi connectivity index (χ0v) is 12.1. The molecule has 1 aliphatic heterocycles. The van der Waals surface area contributed by atoms with Crippen molar-refractivity contribution < 1.29 is 13.2 Å². The molecule has 0 bridgehead atoms.